The van der Waals surface area contributed by atoms with E-state index < -0.39 is 11.4 Å². The molecule has 1 aromatic rings. The van der Waals surface area contributed by atoms with Crippen molar-refractivity contribution in [3.63, 3.8) is 0 Å². The van der Waals surface area contributed by atoms with Crippen molar-refractivity contribution in [3.05, 3.63) is 23.8 Å². The molecule has 1 aromatic carbocycles. The Morgan fingerprint density at radius 1 is 1.07 bits per heavy atom. The number of amides is 1. The summed E-state index contributed by atoms with van der Waals surface area (Å²) in [4.78, 5) is 38.9. The van der Waals surface area contributed by atoms with Crippen LogP contribution in [-0.4, -0.2) is 56.5 Å². The topological polar surface area (TPSA) is 82.1 Å². The molecule has 1 heterocycles. The molecule has 0 aliphatic carbocycles. The summed E-state index contributed by atoms with van der Waals surface area (Å²) in [6.45, 7) is 6.35. The van der Waals surface area contributed by atoms with Crippen LogP contribution in [0.3, 0.4) is 0 Å². The van der Waals surface area contributed by atoms with Gasteiger partial charge in [0.2, 0.25) is 11.7 Å². The van der Waals surface area contributed by atoms with Crippen molar-refractivity contribution >= 4 is 17.7 Å². The van der Waals surface area contributed by atoms with Gasteiger partial charge in [-0.15, -0.1) is 0 Å². The van der Waals surface area contributed by atoms with Gasteiger partial charge in [0, 0.05) is 24.6 Å². The summed E-state index contributed by atoms with van der Waals surface area (Å²) in [5, 5.41) is 0. The van der Waals surface area contributed by atoms with Gasteiger partial charge < -0.3 is 19.1 Å². The molecule has 0 atom stereocenters. The molecule has 0 spiro atoms. The number of ether oxygens (including phenoxy) is 3. The number of rotatable bonds is 6. The van der Waals surface area contributed by atoms with Crippen LogP contribution in [0.2, 0.25) is 0 Å². The Kier molecular flexibility index (Phi) is 7.05. The summed E-state index contributed by atoms with van der Waals surface area (Å²) >= 11 is 0. The number of carbonyl (C=O) groups is 3. The Hall–Kier alpha value is -2.57. The Balaban J connectivity index is 1.88. The van der Waals surface area contributed by atoms with E-state index in [-0.39, 0.29) is 24.2 Å². The molecule has 154 valence electrons. The molecule has 7 nitrogen and oxygen atoms in total. The molecule has 7 heteroatoms. The van der Waals surface area contributed by atoms with Crippen LogP contribution in [0.1, 0.15) is 44.0 Å². The molecular weight excluding hydrogens is 362 g/mol. The number of esters is 1. The second kappa shape index (κ2) is 9.08. The first-order valence-corrected chi connectivity index (χ1v) is 9.38. The lowest BCUT2D eigenvalue weighted by atomic mass is 9.91. The first-order valence-electron chi connectivity index (χ1n) is 9.38. The number of likely N-dealkylation sites (tertiary alicyclic amines) is 1. The molecular formula is C21H29NO6. The lowest BCUT2D eigenvalue weighted by Gasteiger charge is -2.34. The fourth-order valence-electron chi connectivity index (χ4n) is 3.15. The molecule has 2 rings (SSSR count). The first-order chi connectivity index (χ1) is 13.2. The van der Waals surface area contributed by atoms with Crippen molar-refractivity contribution in [2.45, 2.75) is 33.6 Å². The molecule has 1 amide bonds. The van der Waals surface area contributed by atoms with Crippen molar-refractivity contribution < 1.29 is 28.6 Å². The van der Waals surface area contributed by atoms with E-state index in [0.717, 1.165) is 0 Å². The molecule has 1 fully saturated rings. The fourth-order valence-corrected chi connectivity index (χ4v) is 3.15. The van der Waals surface area contributed by atoms with E-state index in [2.05, 4.69) is 0 Å². The molecule has 0 N–H and O–H groups in total. The van der Waals surface area contributed by atoms with E-state index in [9.17, 15) is 14.4 Å². The first kappa shape index (κ1) is 21.7. The van der Waals surface area contributed by atoms with Gasteiger partial charge in [0.1, 0.15) is 11.5 Å². The Labute approximate surface area is 165 Å². The maximum absolute atomic E-state index is 12.4. The van der Waals surface area contributed by atoms with Crippen LogP contribution in [0.15, 0.2) is 18.2 Å². The van der Waals surface area contributed by atoms with Gasteiger partial charge in [0.15, 0.2) is 6.61 Å². The zero-order valence-electron chi connectivity index (χ0n) is 17.2. The number of ketones is 1. The normalized spacial score (nSPS) is 15.1. The second-order valence-electron chi connectivity index (χ2n) is 7.91. The molecule has 0 saturated carbocycles. The second-order valence-corrected chi connectivity index (χ2v) is 7.91. The molecule has 1 aliphatic heterocycles. The highest BCUT2D eigenvalue weighted by Crippen LogP contribution is 2.26. The number of hydrogen-bond donors (Lipinski definition) is 0. The third kappa shape index (κ3) is 5.24. The molecule has 1 aliphatic rings. The minimum Gasteiger partial charge on any atom is -0.497 e. The molecule has 0 unspecified atom stereocenters. The molecule has 0 bridgehead atoms. The van der Waals surface area contributed by atoms with Gasteiger partial charge in [-0.2, -0.15) is 0 Å². The largest absolute Gasteiger partial charge is 0.497 e. The van der Waals surface area contributed by atoms with E-state index in [1.165, 1.54) is 14.2 Å². The predicted octanol–water partition coefficient (Wildman–Crippen LogP) is 2.71. The summed E-state index contributed by atoms with van der Waals surface area (Å²) < 4.78 is 15.6. The third-order valence-electron chi connectivity index (χ3n) is 4.81. The summed E-state index contributed by atoms with van der Waals surface area (Å²) in [5.74, 6) is -0.0103. The minimum atomic E-state index is -0.433. The number of benzene rings is 1. The Bertz CT molecular complexity index is 729. The zero-order chi connectivity index (χ0) is 20.9. The summed E-state index contributed by atoms with van der Waals surface area (Å²) in [7, 11) is 2.99. The van der Waals surface area contributed by atoms with Crippen molar-refractivity contribution in [1.82, 2.24) is 4.90 Å². The van der Waals surface area contributed by atoms with Gasteiger partial charge in [-0.3, -0.25) is 14.4 Å². The number of nitrogens with zero attached hydrogens (tertiary/aromatic N) is 1. The summed E-state index contributed by atoms with van der Waals surface area (Å²) in [6.07, 6.45) is 1.08. The number of methoxy groups -OCH3 is 2. The quantitative estimate of drug-likeness (QED) is 0.548. The lowest BCUT2D eigenvalue weighted by molar-refractivity contribution is -0.152. The molecule has 28 heavy (non-hydrogen) atoms. The number of carbonyl (C=O) groups excluding carboxylic acids is 3. The van der Waals surface area contributed by atoms with Gasteiger partial charge in [-0.05, 0) is 25.0 Å². The SMILES string of the molecule is COc1ccc(C(=O)COC(=O)C2CCN(C(=O)C(C)(C)C)CC2)c(OC)c1. The van der Waals surface area contributed by atoms with E-state index >= 15 is 0 Å². The summed E-state index contributed by atoms with van der Waals surface area (Å²) in [6, 6.07) is 4.85. The van der Waals surface area contributed by atoms with Gasteiger partial charge in [0.05, 0.1) is 25.7 Å². The zero-order valence-corrected chi connectivity index (χ0v) is 17.2. The average molecular weight is 391 g/mol. The fraction of sp³-hybridized carbons (Fsp3) is 0.571. The highest BCUT2D eigenvalue weighted by Gasteiger charge is 2.33. The number of Topliss-reactive ketones (excluding diaryl/α,β-unsaturated/α-hetero) is 1. The average Bonchev–Trinajstić information content (AvgIpc) is 2.70. The Morgan fingerprint density at radius 2 is 1.71 bits per heavy atom. The number of hydrogen-bond acceptors (Lipinski definition) is 6. The van der Waals surface area contributed by atoms with Crippen LogP contribution in [0.5, 0.6) is 11.5 Å². The van der Waals surface area contributed by atoms with Crippen LogP contribution in [0, 0.1) is 11.3 Å². The van der Waals surface area contributed by atoms with Crippen molar-refractivity contribution in [3.8, 4) is 11.5 Å². The van der Waals surface area contributed by atoms with Gasteiger partial charge in [0.25, 0.3) is 0 Å². The lowest BCUT2D eigenvalue weighted by Crippen LogP contribution is -2.45. The van der Waals surface area contributed by atoms with Crippen molar-refractivity contribution in [1.29, 1.82) is 0 Å². The molecule has 1 saturated heterocycles. The van der Waals surface area contributed by atoms with E-state index in [4.69, 9.17) is 14.2 Å². The van der Waals surface area contributed by atoms with Crippen molar-refractivity contribution in [2.24, 2.45) is 11.3 Å². The molecule has 0 radical (unpaired) electrons. The Morgan fingerprint density at radius 3 is 2.25 bits per heavy atom. The van der Waals surface area contributed by atoms with Crippen LogP contribution in [-0.2, 0) is 14.3 Å². The molecule has 0 aromatic heterocycles. The van der Waals surface area contributed by atoms with Crippen LogP contribution >= 0.6 is 0 Å². The smallest absolute Gasteiger partial charge is 0.309 e. The highest BCUT2D eigenvalue weighted by atomic mass is 16.5. The standard InChI is InChI=1S/C21H29NO6/c1-21(2,3)20(25)22-10-8-14(9-11-22)19(24)28-13-17(23)16-7-6-15(26-4)12-18(16)27-5/h6-7,12,14H,8-11,13H2,1-5H3. The third-order valence-corrected chi connectivity index (χ3v) is 4.81. The van der Waals surface area contributed by atoms with Crippen LogP contribution < -0.4 is 9.47 Å². The maximum atomic E-state index is 12.4. The van der Waals surface area contributed by atoms with Gasteiger partial charge in [-0.1, -0.05) is 20.8 Å². The van der Waals surface area contributed by atoms with E-state index in [1.807, 2.05) is 20.8 Å². The maximum Gasteiger partial charge on any atom is 0.309 e. The van der Waals surface area contributed by atoms with E-state index in [1.54, 1.807) is 23.1 Å². The van der Waals surface area contributed by atoms with Crippen LogP contribution in [0.25, 0.3) is 0 Å². The predicted molar refractivity (Wildman–Crippen MR) is 104 cm³/mol. The minimum absolute atomic E-state index is 0.0843. The van der Waals surface area contributed by atoms with Crippen LogP contribution in [0.4, 0.5) is 0 Å². The van der Waals surface area contributed by atoms with Crippen molar-refractivity contribution in [2.75, 3.05) is 33.9 Å². The summed E-state index contributed by atoms with van der Waals surface area (Å²) in [5.41, 5.74) is -0.0984. The van der Waals surface area contributed by atoms with Gasteiger partial charge in [-0.25, -0.2) is 0 Å². The highest BCUT2D eigenvalue weighted by molar-refractivity contribution is 6.00. The van der Waals surface area contributed by atoms with Gasteiger partial charge >= 0.3 is 5.97 Å². The number of piperidine rings is 1. The van der Waals surface area contributed by atoms with E-state index in [0.29, 0.717) is 43.0 Å². The monoisotopic (exact) mass is 391 g/mol.